The van der Waals surface area contributed by atoms with E-state index in [1.165, 1.54) is 7.11 Å². The molecule has 4 unspecified atom stereocenters. The molecule has 1 fully saturated rings. The molecule has 1 aromatic heterocycles. The number of methoxy groups -OCH3 is 1. The summed E-state index contributed by atoms with van der Waals surface area (Å²) in [6, 6.07) is 7.96. The van der Waals surface area contributed by atoms with Gasteiger partial charge < -0.3 is 24.3 Å². The number of rotatable bonds is 3. The normalized spacial score (nSPS) is 26.2. The smallest absolute Gasteiger partial charge is 0.163 e. The Kier molecular flexibility index (Phi) is 6.48. The van der Waals surface area contributed by atoms with Gasteiger partial charge in [-0.05, 0) is 18.4 Å². The molecule has 2 aromatic rings. The van der Waals surface area contributed by atoms with Crippen LogP contribution in [0.15, 0.2) is 30.5 Å². The highest BCUT2D eigenvalue weighted by Crippen LogP contribution is 2.31. The lowest BCUT2D eigenvalue weighted by molar-refractivity contribution is -0.0600. The molecule has 2 N–H and O–H groups in total. The first-order valence-corrected chi connectivity index (χ1v) is 8.56. The van der Waals surface area contributed by atoms with Crippen LogP contribution in [-0.2, 0) is 9.47 Å². The number of aryl methyl sites for hydroxylation is 1. The second-order valence-corrected chi connectivity index (χ2v) is 6.01. The third-order valence-electron chi connectivity index (χ3n) is 4.03. The Bertz CT molecular complexity index is 745. The lowest BCUT2D eigenvalue weighted by Crippen LogP contribution is -2.33. The van der Waals surface area contributed by atoms with Crippen LogP contribution >= 0.6 is 12.2 Å². The number of hydrogen-bond acceptors (Lipinski definition) is 5. The molecule has 6 heteroatoms. The zero-order chi connectivity index (χ0) is 17.9. The average molecular weight is 351 g/mol. The molecule has 0 saturated carbocycles. The lowest BCUT2D eigenvalue weighted by atomic mass is 10.1. The van der Waals surface area contributed by atoms with Gasteiger partial charge in [0.15, 0.2) is 6.23 Å². The molecule has 24 heavy (non-hydrogen) atoms. The van der Waals surface area contributed by atoms with Gasteiger partial charge in [-0.3, -0.25) is 0 Å². The van der Waals surface area contributed by atoms with E-state index in [4.69, 9.17) is 21.7 Å². The van der Waals surface area contributed by atoms with E-state index < -0.39 is 24.5 Å². The number of aromatic nitrogens is 1. The molecule has 3 rings (SSSR count). The summed E-state index contributed by atoms with van der Waals surface area (Å²) >= 11 is 5.53. The van der Waals surface area contributed by atoms with E-state index >= 15 is 0 Å². The van der Waals surface area contributed by atoms with Crippen molar-refractivity contribution in [1.29, 1.82) is 0 Å². The molecule has 0 radical (unpaired) electrons. The van der Waals surface area contributed by atoms with Gasteiger partial charge in [0, 0.05) is 18.7 Å². The van der Waals surface area contributed by atoms with Crippen LogP contribution in [0.4, 0.5) is 0 Å². The van der Waals surface area contributed by atoms with Crippen LogP contribution in [0.3, 0.4) is 0 Å². The number of pyridine rings is 1. The number of nitrogens with zero attached hydrogens (tertiary/aromatic N) is 1. The summed E-state index contributed by atoms with van der Waals surface area (Å²) in [5.41, 5.74) is 1.16. The van der Waals surface area contributed by atoms with Gasteiger partial charge in [0.1, 0.15) is 23.0 Å². The van der Waals surface area contributed by atoms with Crippen LogP contribution in [0.25, 0.3) is 10.8 Å². The minimum absolute atomic E-state index is 0.217. The summed E-state index contributed by atoms with van der Waals surface area (Å²) in [6.07, 6.45) is -1.54. The minimum atomic E-state index is -1.05. The van der Waals surface area contributed by atoms with Crippen LogP contribution in [0, 0.1) is 11.6 Å². The highest BCUT2D eigenvalue weighted by molar-refractivity contribution is 7.71. The predicted molar refractivity (Wildman–Crippen MR) is 96.7 cm³/mol. The molecular weight excluding hydrogens is 326 g/mol. The monoisotopic (exact) mass is 351 g/mol. The van der Waals surface area contributed by atoms with E-state index in [0.717, 1.165) is 16.3 Å². The number of ether oxygens (including phenoxy) is 2. The van der Waals surface area contributed by atoms with Crippen molar-refractivity contribution in [3.63, 3.8) is 0 Å². The zero-order valence-electron chi connectivity index (χ0n) is 14.5. The summed E-state index contributed by atoms with van der Waals surface area (Å²) in [7, 11) is 1.53. The molecule has 1 saturated heterocycles. The van der Waals surface area contributed by atoms with Gasteiger partial charge >= 0.3 is 0 Å². The maximum Gasteiger partial charge on any atom is 0.163 e. The van der Waals surface area contributed by atoms with Crippen LogP contribution in [-0.4, -0.2) is 46.8 Å². The van der Waals surface area contributed by atoms with E-state index in [1.807, 2.05) is 39.0 Å². The third-order valence-corrected chi connectivity index (χ3v) is 4.46. The Hall–Kier alpha value is -1.31. The van der Waals surface area contributed by atoms with Gasteiger partial charge in [-0.15, -0.1) is 0 Å². The van der Waals surface area contributed by atoms with Crippen molar-refractivity contribution in [2.75, 3.05) is 13.7 Å². The molecule has 0 spiro atoms. The van der Waals surface area contributed by atoms with Gasteiger partial charge in [0.05, 0.1) is 6.61 Å². The fourth-order valence-electron chi connectivity index (χ4n) is 2.84. The van der Waals surface area contributed by atoms with Gasteiger partial charge in [0.2, 0.25) is 0 Å². The summed E-state index contributed by atoms with van der Waals surface area (Å²) < 4.78 is 13.0. The number of benzene rings is 1. The first-order chi connectivity index (χ1) is 11.5. The quantitative estimate of drug-likeness (QED) is 0.833. The summed E-state index contributed by atoms with van der Waals surface area (Å²) in [5, 5.41) is 22.3. The Morgan fingerprint density at radius 2 is 1.92 bits per heavy atom. The minimum Gasteiger partial charge on any atom is -0.387 e. The molecule has 5 nitrogen and oxygen atoms in total. The number of hydrogen-bond donors (Lipinski definition) is 2. The van der Waals surface area contributed by atoms with Crippen LogP contribution in [0.1, 0.15) is 25.6 Å². The maximum atomic E-state index is 10.3. The topological polar surface area (TPSA) is 63.9 Å². The summed E-state index contributed by atoms with van der Waals surface area (Å²) in [6.45, 7) is 6.24. The Balaban J connectivity index is 0.00000100. The van der Waals surface area contributed by atoms with E-state index in [9.17, 15) is 10.2 Å². The largest absolute Gasteiger partial charge is 0.387 e. The molecule has 0 aliphatic carbocycles. The van der Waals surface area contributed by atoms with Gasteiger partial charge in [-0.1, -0.05) is 49.8 Å². The Morgan fingerprint density at radius 1 is 1.21 bits per heavy atom. The van der Waals surface area contributed by atoms with Crippen molar-refractivity contribution in [2.45, 2.75) is 45.3 Å². The van der Waals surface area contributed by atoms with Gasteiger partial charge in [-0.2, -0.15) is 0 Å². The predicted octanol–water partition coefficient (Wildman–Crippen LogP) is 2.97. The Labute approximate surface area is 147 Å². The molecule has 4 atom stereocenters. The van der Waals surface area contributed by atoms with E-state index in [2.05, 4.69) is 6.07 Å². The molecule has 1 aliphatic rings. The second kappa shape index (κ2) is 8.18. The van der Waals surface area contributed by atoms with Crippen molar-refractivity contribution < 1.29 is 19.7 Å². The molecule has 2 heterocycles. The van der Waals surface area contributed by atoms with Crippen LogP contribution < -0.4 is 0 Å². The van der Waals surface area contributed by atoms with Crippen LogP contribution in [0.2, 0.25) is 0 Å². The molecule has 0 amide bonds. The van der Waals surface area contributed by atoms with Crippen LogP contribution in [0.5, 0.6) is 0 Å². The first kappa shape index (κ1) is 19.0. The van der Waals surface area contributed by atoms with E-state index in [-0.39, 0.29) is 6.61 Å². The summed E-state index contributed by atoms with van der Waals surface area (Å²) in [5.74, 6) is 0. The standard InChI is InChI=1S/C16H19NO4S.C2H6/c1-9-3-4-11-10(7-9)5-6-17(16(11)22)15-14(19)13(18)12(21-15)8-20-2;1-2/h3-7,12-15,18-19H,8H2,1-2H3;1-2H3. The highest BCUT2D eigenvalue weighted by Gasteiger charge is 2.43. The average Bonchev–Trinajstić information content (AvgIpc) is 2.86. The molecule has 132 valence electrons. The van der Waals surface area contributed by atoms with Crippen molar-refractivity contribution in [1.82, 2.24) is 4.57 Å². The second-order valence-electron chi connectivity index (χ2n) is 5.62. The molecule has 1 aromatic carbocycles. The zero-order valence-corrected chi connectivity index (χ0v) is 15.3. The van der Waals surface area contributed by atoms with Crippen molar-refractivity contribution in [3.8, 4) is 0 Å². The number of aliphatic hydroxyl groups excluding tert-OH is 2. The fraction of sp³-hybridized carbons (Fsp3) is 0.500. The van der Waals surface area contributed by atoms with Crippen molar-refractivity contribution in [3.05, 3.63) is 40.7 Å². The van der Waals surface area contributed by atoms with Crippen molar-refractivity contribution in [2.24, 2.45) is 0 Å². The molecule has 0 bridgehead atoms. The highest BCUT2D eigenvalue weighted by atomic mass is 32.1. The van der Waals surface area contributed by atoms with E-state index in [0.29, 0.717) is 4.64 Å². The number of fused-ring (bicyclic) bond motifs is 1. The molecular formula is C18H25NO4S. The molecule has 1 aliphatic heterocycles. The van der Waals surface area contributed by atoms with Gasteiger partial charge in [-0.25, -0.2) is 0 Å². The van der Waals surface area contributed by atoms with Crippen molar-refractivity contribution >= 4 is 23.0 Å². The summed E-state index contributed by atoms with van der Waals surface area (Å²) in [4.78, 5) is 0. The van der Waals surface area contributed by atoms with Gasteiger partial charge in [0.25, 0.3) is 0 Å². The maximum absolute atomic E-state index is 10.3. The number of aliphatic hydroxyl groups is 2. The third kappa shape index (κ3) is 3.53. The Morgan fingerprint density at radius 3 is 2.58 bits per heavy atom. The SMILES string of the molecule is CC.COCC1OC(n2ccc3cc(C)ccc3c2=S)C(O)C1O. The lowest BCUT2D eigenvalue weighted by Gasteiger charge is -2.19. The fourth-order valence-corrected chi connectivity index (χ4v) is 3.19. The first-order valence-electron chi connectivity index (χ1n) is 8.15. The van der Waals surface area contributed by atoms with E-state index in [1.54, 1.807) is 10.8 Å².